The van der Waals surface area contributed by atoms with Gasteiger partial charge in [0.25, 0.3) is 0 Å². The normalized spacial score (nSPS) is 19.4. The van der Waals surface area contributed by atoms with Gasteiger partial charge in [-0.1, -0.05) is 19.1 Å². The van der Waals surface area contributed by atoms with E-state index in [2.05, 4.69) is 0 Å². The number of carbonyl (C=O) groups excluding carboxylic acids is 1. The number of ether oxygens (including phenoxy) is 1. The molecule has 1 N–H and O–H groups in total. The molecule has 1 aromatic carbocycles. The van der Waals surface area contributed by atoms with Gasteiger partial charge in [-0.25, -0.2) is 4.39 Å². The van der Waals surface area contributed by atoms with Crippen molar-refractivity contribution in [3.05, 3.63) is 35.6 Å². The molecular formula is C17H22FNO4. The lowest BCUT2D eigenvalue weighted by molar-refractivity contribution is -0.149. The number of hydrogen-bond acceptors (Lipinski definition) is 3. The Balaban J connectivity index is 1.85. The van der Waals surface area contributed by atoms with Crippen molar-refractivity contribution in [3.8, 4) is 0 Å². The number of amides is 1. The van der Waals surface area contributed by atoms with E-state index in [1.54, 1.807) is 11.0 Å². The van der Waals surface area contributed by atoms with Crippen molar-refractivity contribution in [2.75, 3.05) is 19.7 Å². The molecule has 0 unspecified atom stereocenters. The minimum absolute atomic E-state index is 0.0000850. The molecule has 0 saturated carbocycles. The van der Waals surface area contributed by atoms with Gasteiger partial charge in [-0.3, -0.25) is 9.59 Å². The van der Waals surface area contributed by atoms with Crippen LogP contribution in [0.3, 0.4) is 0 Å². The van der Waals surface area contributed by atoms with Crippen LogP contribution in [0, 0.1) is 11.7 Å². The molecule has 1 saturated heterocycles. The zero-order chi connectivity index (χ0) is 16.8. The molecule has 0 radical (unpaired) electrons. The average Bonchev–Trinajstić information content (AvgIpc) is 2.51. The SMILES string of the molecule is C[C@H](CCc1cccc(F)c1)C(=O)N1CCO[C@H](CC(=O)O)C1. The van der Waals surface area contributed by atoms with E-state index < -0.39 is 12.1 Å². The molecule has 0 aromatic heterocycles. The Morgan fingerprint density at radius 1 is 1.48 bits per heavy atom. The number of carbonyl (C=O) groups is 2. The monoisotopic (exact) mass is 323 g/mol. The highest BCUT2D eigenvalue weighted by atomic mass is 19.1. The number of morpholine rings is 1. The summed E-state index contributed by atoms with van der Waals surface area (Å²) in [4.78, 5) is 24.9. The third-order valence-corrected chi connectivity index (χ3v) is 4.03. The van der Waals surface area contributed by atoms with Crippen LogP contribution in [0.25, 0.3) is 0 Å². The van der Waals surface area contributed by atoms with Crippen LogP contribution in [0.1, 0.15) is 25.3 Å². The molecular weight excluding hydrogens is 301 g/mol. The van der Waals surface area contributed by atoms with E-state index in [1.165, 1.54) is 12.1 Å². The molecule has 2 atom stereocenters. The van der Waals surface area contributed by atoms with Crippen LogP contribution in [-0.4, -0.2) is 47.7 Å². The molecule has 1 fully saturated rings. The predicted octanol–water partition coefficient (Wildman–Crippen LogP) is 2.10. The molecule has 1 aromatic rings. The smallest absolute Gasteiger partial charge is 0.306 e. The second-order valence-corrected chi connectivity index (χ2v) is 5.94. The number of halogens is 1. The number of nitrogens with zero attached hydrogens (tertiary/aromatic N) is 1. The third-order valence-electron chi connectivity index (χ3n) is 4.03. The summed E-state index contributed by atoms with van der Waals surface area (Å²) in [5, 5.41) is 8.82. The van der Waals surface area contributed by atoms with E-state index in [-0.39, 0.29) is 24.1 Å². The topological polar surface area (TPSA) is 66.8 Å². The Bertz CT molecular complexity index is 563. The number of hydrogen-bond donors (Lipinski definition) is 1. The molecule has 1 heterocycles. The fraction of sp³-hybridized carbons (Fsp3) is 0.529. The molecule has 5 nitrogen and oxygen atoms in total. The van der Waals surface area contributed by atoms with Crippen LogP contribution < -0.4 is 0 Å². The van der Waals surface area contributed by atoms with E-state index >= 15 is 0 Å². The first kappa shape index (κ1) is 17.4. The van der Waals surface area contributed by atoms with Gasteiger partial charge in [-0.15, -0.1) is 0 Å². The van der Waals surface area contributed by atoms with E-state index in [0.717, 1.165) is 5.56 Å². The standard InChI is InChI=1S/C17H22FNO4/c1-12(5-6-13-3-2-4-14(18)9-13)17(22)19-7-8-23-15(11-19)10-16(20)21/h2-4,9,12,15H,5-8,10-11H2,1H3,(H,20,21)/t12-,15-/m1/s1. The molecule has 126 valence electrons. The lowest BCUT2D eigenvalue weighted by Crippen LogP contribution is -2.48. The highest BCUT2D eigenvalue weighted by molar-refractivity contribution is 5.78. The zero-order valence-electron chi connectivity index (χ0n) is 13.2. The first-order valence-corrected chi connectivity index (χ1v) is 7.82. The summed E-state index contributed by atoms with van der Waals surface area (Å²) in [5.74, 6) is -1.39. The van der Waals surface area contributed by atoms with E-state index in [0.29, 0.717) is 32.5 Å². The van der Waals surface area contributed by atoms with E-state index in [9.17, 15) is 14.0 Å². The van der Waals surface area contributed by atoms with Crippen molar-refractivity contribution in [2.24, 2.45) is 5.92 Å². The Morgan fingerprint density at radius 2 is 2.26 bits per heavy atom. The molecule has 0 spiro atoms. The van der Waals surface area contributed by atoms with Crippen LogP contribution in [0.15, 0.2) is 24.3 Å². The number of rotatable bonds is 6. The lowest BCUT2D eigenvalue weighted by atomic mass is 9.99. The summed E-state index contributed by atoms with van der Waals surface area (Å²) in [5.41, 5.74) is 0.871. The maximum absolute atomic E-state index is 13.2. The summed E-state index contributed by atoms with van der Waals surface area (Å²) in [6.45, 7) is 3.01. The number of aliphatic carboxylic acids is 1. The van der Waals surface area contributed by atoms with Gasteiger partial charge in [0.1, 0.15) is 5.82 Å². The first-order valence-electron chi connectivity index (χ1n) is 7.82. The van der Waals surface area contributed by atoms with Crippen LogP contribution in [0.5, 0.6) is 0 Å². The molecule has 1 aliphatic rings. The fourth-order valence-electron chi connectivity index (χ4n) is 2.75. The quantitative estimate of drug-likeness (QED) is 0.870. The largest absolute Gasteiger partial charge is 0.481 e. The summed E-state index contributed by atoms with van der Waals surface area (Å²) in [6, 6.07) is 6.39. The minimum atomic E-state index is -0.927. The molecule has 0 bridgehead atoms. The van der Waals surface area contributed by atoms with Gasteiger partial charge in [0.15, 0.2) is 0 Å². The number of benzene rings is 1. The first-order chi connectivity index (χ1) is 11.0. The molecule has 1 amide bonds. The van der Waals surface area contributed by atoms with Gasteiger partial charge >= 0.3 is 5.97 Å². The number of carboxylic acids is 1. The van der Waals surface area contributed by atoms with Crippen LogP contribution in [-0.2, 0) is 20.7 Å². The van der Waals surface area contributed by atoms with Crippen molar-refractivity contribution in [3.63, 3.8) is 0 Å². The van der Waals surface area contributed by atoms with Gasteiger partial charge in [0.2, 0.25) is 5.91 Å². The van der Waals surface area contributed by atoms with Crippen molar-refractivity contribution in [1.29, 1.82) is 0 Å². The maximum Gasteiger partial charge on any atom is 0.306 e. The Hall–Kier alpha value is -1.95. The average molecular weight is 323 g/mol. The second-order valence-electron chi connectivity index (χ2n) is 5.94. The van der Waals surface area contributed by atoms with Crippen molar-refractivity contribution >= 4 is 11.9 Å². The highest BCUT2D eigenvalue weighted by Crippen LogP contribution is 2.16. The summed E-state index contributed by atoms with van der Waals surface area (Å²) < 4.78 is 18.5. The summed E-state index contributed by atoms with van der Waals surface area (Å²) in [6.07, 6.45) is 0.721. The molecule has 1 aliphatic heterocycles. The number of aryl methyl sites for hydroxylation is 1. The van der Waals surface area contributed by atoms with Crippen LogP contribution in [0.4, 0.5) is 4.39 Å². The van der Waals surface area contributed by atoms with Gasteiger partial charge in [0.05, 0.1) is 19.1 Å². The van der Waals surface area contributed by atoms with E-state index in [4.69, 9.17) is 9.84 Å². The maximum atomic E-state index is 13.2. The van der Waals surface area contributed by atoms with Gasteiger partial charge in [-0.2, -0.15) is 0 Å². The second kappa shape index (κ2) is 8.06. The summed E-state index contributed by atoms with van der Waals surface area (Å²) >= 11 is 0. The molecule has 2 rings (SSSR count). The molecule has 6 heteroatoms. The highest BCUT2D eigenvalue weighted by Gasteiger charge is 2.28. The summed E-state index contributed by atoms with van der Waals surface area (Å²) in [7, 11) is 0. The lowest BCUT2D eigenvalue weighted by Gasteiger charge is -2.34. The third kappa shape index (κ3) is 5.32. The molecule has 23 heavy (non-hydrogen) atoms. The molecule has 0 aliphatic carbocycles. The fourth-order valence-corrected chi connectivity index (χ4v) is 2.75. The van der Waals surface area contributed by atoms with Crippen LogP contribution >= 0.6 is 0 Å². The van der Waals surface area contributed by atoms with Crippen molar-refractivity contribution in [2.45, 2.75) is 32.3 Å². The Kier molecular flexibility index (Phi) is 6.10. The minimum Gasteiger partial charge on any atom is -0.481 e. The number of carboxylic acid groups (broad SMARTS) is 1. The zero-order valence-corrected chi connectivity index (χ0v) is 13.2. The van der Waals surface area contributed by atoms with Gasteiger partial charge in [-0.05, 0) is 30.5 Å². The van der Waals surface area contributed by atoms with E-state index in [1.807, 2.05) is 13.0 Å². The van der Waals surface area contributed by atoms with Gasteiger partial charge < -0.3 is 14.7 Å². The van der Waals surface area contributed by atoms with Crippen molar-refractivity contribution < 1.29 is 23.8 Å². The Morgan fingerprint density at radius 3 is 2.96 bits per heavy atom. The Labute approximate surface area is 135 Å². The van der Waals surface area contributed by atoms with Crippen molar-refractivity contribution in [1.82, 2.24) is 4.90 Å². The predicted molar refractivity (Wildman–Crippen MR) is 82.5 cm³/mol. The van der Waals surface area contributed by atoms with Gasteiger partial charge in [0, 0.05) is 19.0 Å². The van der Waals surface area contributed by atoms with Crippen LogP contribution in [0.2, 0.25) is 0 Å².